The van der Waals surface area contributed by atoms with E-state index in [0.717, 1.165) is 21.2 Å². The van der Waals surface area contributed by atoms with E-state index in [2.05, 4.69) is 31.2 Å². The third-order valence-corrected chi connectivity index (χ3v) is 10.8. The number of nitrogens with two attached hydrogens (primary N) is 1. The number of sulfone groups is 1. The Morgan fingerprint density at radius 3 is 2.29 bits per heavy atom. The second-order valence-electron chi connectivity index (χ2n) is 9.98. The summed E-state index contributed by atoms with van der Waals surface area (Å²) in [5.74, 6) is 0. The molecule has 1 amide bonds. The predicted molar refractivity (Wildman–Crippen MR) is 169 cm³/mol. The topological polar surface area (TPSA) is 124 Å². The van der Waals surface area contributed by atoms with Gasteiger partial charge in [0, 0.05) is 34.1 Å². The number of carbonyl (C=O) groups excluding carboxylic acids is 1. The molecule has 4 aromatic rings. The number of aromatic nitrogens is 2. The van der Waals surface area contributed by atoms with Gasteiger partial charge in [-0.3, -0.25) is 9.97 Å². The van der Waals surface area contributed by atoms with Gasteiger partial charge in [-0.1, -0.05) is 28.1 Å². The molecule has 1 unspecified atom stereocenters. The molecule has 0 saturated carbocycles. The Labute approximate surface area is 258 Å². The molecular weight excluding hydrogens is 644 g/mol. The highest BCUT2D eigenvalue weighted by Gasteiger charge is 2.27. The van der Waals surface area contributed by atoms with Gasteiger partial charge < -0.3 is 15.8 Å². The number of alkyl carbamates (subject to hydrolysis) is 1. The molecule has 0 bridgehead atoms. The maximum Gasteiger partial charge on any atom is 0.409 e. The van der Waals surface area contributed by atoms with Gasteiger partial charge in [0.25, 0.3) is 0 Å². The second kappa shape index (κ2) is 13.9. The van der Waals surface area contributed by atoms with Crippen LogP contribution in [0, 0.1) is 13.8 Å². The van der Waals surface area contributed by atoms with Crippen molar-refractivity contribution < 1.29 is 17.9 Å². The molecule has 12 heteroatoms. The van der Waals surface area contributed by atoms with Crippen molar-refractivity contribution in [3.8, 4) is 11.1 Å². The molecule has 3 N–H and O–H groups in total. The van der Waals surface area contributed by atoms with Crippen molar-refractivity contribution in [2.75, 3.05) is 6.26 Å². The van der Waals surface area contributed by atoms with Crippen molar-refractivity contribution in [1.82, 2.24) is 15.3 Å². The van der Waals surface area contributed by atoms with Crippen LogP contribution in [0.2, 0.25) is 0 Å². The van der Waals surface area contributed by atoms with E-state index in [0.29, 0.717) is 9.09 Å². The quantitative estimate of drug-likeness (QED) is 0.161. The highest BCUT2D eigenvalue weighted by Crippen LogP contribution is 2.39. The molecule has 0 aliphatic carbocycles. The van der Waals surface area contributed by atoms with Crippen molar-refractivity contribution in [2.24, 2.45) is 5.73 Å². The van der Waals surface area contributed by atoms with Crippen LogP contribution in [-0.4, -0.2) is 36.3 Å². The van der Waals surface area contributed by atoms with E-state index in [1.807, 2.05) is 38.2 Å². The van der Waals surface area contributed by atoms with Crippen molar-refractivity contribution in [3.05, 3.63) is 87.7 Å². The first-order chi connectivity index (χ1) is 19.2. The van der Waals surface area contributed by atoms with Gasteiger partial charge in [0.05, 0.1) is 14.0 Å². The fourth-order valence-corrected chi connectivity index (χ4v) is 7.82. The second-order valence-corrected chi connectivity index (χ2v) is 14.9. The van der Waals surface area contributed by atoms with Gasteiger partial charge in [-0.25, -0.2) is 13.2 Å². The summed E-state index contributed by atoms with van der Waals surface area (Å²) < 4.78 is 34.1. The minimum Gasteiger partial charge on any atom is -0.444 e. The Hall–Kier alpha value is -2.77. The van der Waals surface area contributed by atoms with Crippen molar-refractivity contribution >= 4 is 55.0 Å². The smallest absolute Gasteiger partial charge is 0.409 e. The van der Waals surface area contributed by atoms with E-state index in [9.17, 15) is 13.2 Å². The Morgan fingerprint density at radius 2 is 1.73 bits per heavy atom. The van der Waals surface area contributed by atoms with Crippen LogP contribution in [0.1, 0.15) is 42.9 Å². The van der Waals surface area contributed by atoms with Crippen LogP contribution in [0.5, 0.6) is 0 Å². The molecule has 4 rings (SSSR count). The lowest BCUT2D eigenvalue weighted by Gasteiger charge is -2.21. The number of amides is 1. The van der Waals surface area contributed by atoms with Crippen LogP contribution in [0.3, 0.4) is 0 Å². The van der Waals surface area contributed by atoms with Crippen LogP contribution in [0.4, 0.5) is 4.79 Å². The number of halogens is 1. The van der Waals surface area contributed by atoms with Gasteiger partial charge in [0.1, 0.15) is 11.8 Å². The summed E-state index contributed by atoms with van der Waals surface area (Å²) in [6, 6.07) is 12.2. The van der Waals surface area contributed by atoms with Gasteiger partial charge in [0.2, 0.25) is 9.84 Å². The number of hydrogen-bond donors (Lipinski definition) is 2. The molecular formula is C29H33BrN4O4S3. The largest absolute Gasteiger partial charge is 0.444 e. The fourth-order valence-electron chi connectivity index (χ4n) is 3.57. The molecule has 3 heterocycles. The zero-order chi connectivity index (χ0) is 30.4. The van der Waals surface area contributed by atoms with Gasteiger partial charge in [-0.2, -0.15) is 0 Å². The number of ether oxygens (including phenoxy) is 1. The number of thiophene rings is 1. The number of benzene rings is 1. The molecule has 0 saturated heterocycles. The van der Waals surface area contributed by atoms with Crippen LogP contribution < -0.4 is 11.1 Å². The summed E-state index contributed by atoms with van der Waals surface area (Å²) in [5.41, 5.74) is 9.31. The molecule has 1 aromatic carbocycles. The van der Waals surface area contributed by atoms with E-state index in [4.69, 9.17) is 10.5 Å². The maximum absolute atomic E-state index is 13.6. The highest BCUT2D eigenvalue weighted by atomic mass is 79.9. The van der Waals surface area contributed by atoms with Gasteiger partial charge >= 0.3 is 6.09 Å². The summed E-state index contributed by atoms with van der Waals surface area (Å²) in [4.78, 5) is 21.0. The van der Waals surface area contributed by atoms with Gasteiger partial charge in [0.15, 0.2) is 0 Å². The van der Waals surface area contributed by atoms with Crippen LogP contribution >= 0.6 is 39.0 Å². The average molecular weight is 678 g/mol. The first-order valence-electron chi connectivity index (χ1n) is 12.5. The Morgan fingerprint density at radius 1 is 1.07 bits per heavy atom. The number of hydrogen-bond acceptors (Lipinski definition) is 9. The summed E-state index contributed by atoms with van der Waals surface area (Å²) in [6.45, 7) is 9.20. The minimum atomic E-state index is -3.82. The SMILES string of the molecule is CSc1sc(C(N)NC(=O)OC(C)(C)C)cc1S(=O)(=O)c1cccc(-c2ccncc2C)c1.Cc1cnccc1Br. The van der Waals surface area contributed by atoms with E-state index >= 15 is 0 Å². The Kier molecular flexibility index (Phi) is 11.1. The standard InChI is InChI=1S/C23H27N3O4S3.C6H6BrN/c1-14-13-25-10-9-17(14)15-7-6-8-16(11-15)33(28,29)19-12-18(32-21(19)31-5)20(24)26-22(27)30-23(2,3)4;1-5-4-8-3-2-6(5)7/h6-13,20H,24H2,1-5H3,(H,26,27);2-4H,1H3. The van der Waals surface area contributed by atoms with Crippen LogP contribution in [0.25, 0.3) is 11.1 Å². The number of aryl methyl sites for hydroxylation is 2. The normalized spacial score (nSPS) is 12.2. The molecule has 0 radical (unpaired) electrons. The zero-order valence-corrected chi connectivity index (χ0v) is 27.7. The minimum absolute atomic E-state index is 0.167. The van der Waals surface area contributed by atoms with Crippen molar-refractivity contribution in [1.29, 1.82) is 0 Å². The van der Waals surface area contributed by atoms with Crippen molar-refractivity contribution in [3.63, 3.8) is 0 Å². The lowest BCUT2D eigenvalue weighted by atomic mass is 10.0. The maximum atomic E-state index is 13.6. The van der Waals surface area contributed by atoms with E-state index in [1.54, 1.807) is 63.8 Å². The number of nitrogens with zero attached hydrogens (tertiary/aromatic N) is 2. The van der Waals surface area contributed by atoms with Crippen LogP contribution in [0.15, 0.2) is 85.7 Å². The fraction of sp³-hybridized carbons (Fsp3) is 0.276. The third-order valence-electron chi connectivity index (χ3n) is 5.57. The van der Waals surface area contributed by atoms with Crippen LogP contribution in [-0.2, 0) is 14.6 Å². The van der Waals surface area contributed by atoms with E-state index in [-0.39, 0.29) is 9.79 Å². The number of rotatable bonds is 6. The van der Waals surface area contributed by atoms with Gasteiger partial charge in [-0.15, -0.1) is 23.1 Å². The number of nitrogens with one attached hydrogen (secondary N) is 1. The number of pyridine rings is 2. The first-order valence-corrected chi connectivity index (χ1v) is 16.8. The third kappa shape index (κ3) is 8.86. The Bertz CT molecular complexity index is 1600. The average Bonchev–Trinajstić information content (AvgIpc) is 3.36. The highest BCUT2D eigenvalue weighted by molar-refractivity contribution is 9.10. The molecule has 0 fully saturated rings. The number of thioether (sulfide) groups is 1. The summed E-state index contributed by atoms with van der Waals surface area (Å²) >= 11 is 5.91. The summed E-state index contributed by atoms with van der Waals surface area (Å²) in [6.07, 6.45) is 7.25. The van der Waals surface area contributed by atoms with E-state index in [1.165, 1.54) is 34.7 Å². The molecule has 8 nitrogen and oxygen atoms in total. The Balaban J connectivity index is 0.000000496. The van der Waals surface area contributed by atoms with E-state index < -0.39 is 27.7 Å². The molecule has 1 atom stereocenters. The molecule has 0 aliphatic rings. The molecule has 218 valence electrons. The molecule has 0 spiro atoms. The molecule has 3 aromatic heterocycles. The lowest BCUT2D eigenvalue weighted by molar-refractivity contribution is 0.0506. The summed E-state index contributed by atoms with van der Waals surface area (Å²) in [7, 11) is -3.82. The zero-order valence-electron chi connectivity index (χ0n) is 23.6. The molecule has 0 aliphatic heterocycles. The lowest BCUT2D eigenvalue weighted by Crippen LogP contribution is -2.38. The predicted octanol–water partition coefficient (Wildman–Crippen LogP) is 7.31. The molecule has 41 heavy (non-hydrogen) atoms. The van der Waals surface area contributed by atoms with Crippen molar-refractivity contribution in [2.45, 2.75) is 60.4 Å². The number of carbonyl (C=O) groups is 1. The monoisotopic (exact) mass is 676 g/mol. The summed E-state index contributed by atoms with van der Waals surface area (Å²) in [5, 5.41) is 2.56. The van der Waals surface area contributed by atoms with Gasteiger partial charge in [-0.05, 0) is 93.5 Å². The first kappa shape index (κ1) is 32.7.